The van der Waals surface area contributed by atoms with Crippen molar-refractivity contribution in [1.82, 2.24) is 15.5 Å². The number of hydrogen-bond donors (Lipinski definition) is 2. The van der Waals surface area contributed by atoms with E-state index in [0.717, 1.165) is 30.8 Å². The largest absolute Gasteiger partial charge is 0.441 e. The molecular weight excluding hydrogens is 350 g/mol. The fraction of sp³-hybridized carbons (Fsp3) is 0.579. The molecule has 3 rings (SSSR count). The molecular formula is C19H27N3O3S. The number of carbonyl (C=O) groups is 2. The van der Waals surface area contributed by atoms with Crippen LogP contribution in [0.2, 0.25) is 0 Å². The van der Waals surface area contributed by atoms with Gasteiger partial charge in [-0.15, -0.1) is 0 Å². The summed E-state index contributed by atoms with van der Waals surface area (Å²) in [6.45, 7) is 2.59. The lowest BCUT2D eigenvalue weighted by Gasteiger charge is -2.25. The number of amides is 3. The fourth-order valence-electron chi connectivity index (χ4n) is 3.40. The molecule has 2 aliphatic rings. The van der Waals surface area contributed by atoms with Gasteiger partial charge >= 0.3 is 12.1 Å². The van der Waals surface area contributed by atoms with Gasteiger partial charge < -0.3 is 20.3 Å². The lowest BCUT2D eigenvalue weighted by Crippen LogP contribution is -2.42. The van der Waals surface area contributed by atoms with Crippen LogP contribution in [0.4, 0.5) is 9.59 Å². The van der Waals surface area contributed by atoms with E-state index >= 15 is 0 Å². The zero-order valence-corrected chi connectivity index (χ0v) is 15.9. The van der Waals surface area contributed by atoms with Crippen molar-refractivity contribution in [2.24, 2.45) is 0 Å². The highest BCUT2D eigenvalue weighted by molar-refractivity contribution is 7.98. The van der Waals surface area contributed by atoms with Gasteiger partial charge in [0.1, 0.15) is 5.60 Å². The maximum Gasteiger partial charge on any atom is 0.407 e. The molecule has 26 heavy (non-hydrogen) atoms. The predicted octanol–water partition coefficient (Wildman–Crippen LogP) is 2.98. The van der Waals surface area contributed by atoms with Crippen LogP contribution in [0.1, 0.15) is 31.2 Å². The number of nitrogens with one attached hydrogen (secondary N) is 2. The highest BCUT2D eigenvalue weighted by Gasteiger charge is 2.41. The molecule has 0 radical (unpaired) electrons. The molecule has 1 spiro atoms. The molecule has 7 heteroatoms. The Bertz CT molecular complexity index is 613. The van der Waals surface area contributed by atoms with E-state index in [1.807, 2.05) is 22.7 Å². The second kappa shape index (κ2) is 9.16. The number of ether oxygens (including phenoxy) is 1. The Morgan fingerprint density at radius 2 is 2.12 bits per heavy atom. The van der Waals surface area contributed by atoms with Crippen LogP contribution in [0.15, 0.2) is 30.3 Å². The molecule has 0 aliphatic carbocycles. The van der Waals surface area contributed by atoms with Crippen LogP contribution in [-0.4, -0.2) is 54.6 Å². The third-order valence-corrected chi connectivity index (χ3v) is 6.02. The summed E-state index contributed by atoms with van der Waals surface area (Å²) in [5, 5.41) is 5.75. The lowest BCUT2D eigenvalue weighted by molar-refractivity contribution is 0.0453. The third kappa shape index (κ3) is 5.30. The number of urea groups is 1. The van der Waals surface area contributed by atoms with Crippen molar-refractivity contribution in [2.75, 3.05) is 31.9 Å². The average molecular weight is 378 g/mol. The Morgan fingerprint density at radius 3 is 2.88 bits per heavy atom. The number of alkyl carbamates (subject to hydrolysis) is 1. The highest BCUT2D eigenvalue weighted by atomic mass is 32.2. The van der Waals surface area contributed by atoms with Crippen LogP contribution < -0.4 is 10.6 Å². The molecule has 1 aromatic rings. The van der Waals surface area contributed by atoms with Gasteiger partial charge in [0.05, 0.1) is 6.54 Å². The van der Waals surface area contributed by atoms with Crippen molar-refractivity contribution in [1.29, 1.82) is 0 Å². The van der Waals surface area contributed by atoms with E-state index in [1.54, 1.807) is 0 Å². The van der Waals surface area contributed by atoms with Crippen LogP contribution in [-0.2, 0) is 10.5 Å². The van der Waals surface area contributed by atoms with Gasteiger partial charge in [-0.1, -0.05) is 30.3 Å². The van der Waals surface area contributed by atoms with Crippen LogP contribution in [0.3, 0.4) is 0 Å². The monoisotopic (exact) mass is 377 g/mol. The quantitative estimate of drug-likeness (QED) is 0.748. The third-order valence-electron chi connectivity index (χ3n) is 4.90. The van der Waals surface area contributed by atoms with Crippen LogP contribution in [0, 0.1) is 0 Å². The second-order valence-corrected chi connectivity index (χ2v) is 8.00. The van der Waals surface area contributed by atoms with Gasteiger partial charge in [0.2, 0.25) is 0 Å². The van der Waals surface area contributed by atoms with Gasteiger partial charge in [-0.3, -0.25) is 0 Å². The molecule has 0 saturated carbocycles. The molecule has 0 bridgehead atoms. The van der Waals surface area contributed by atoms with Crippen LogP contribution >= 0.6 is 11.8 Å². The fourth-order valence-corrected chi connectivity index (χ4v) is 4.32. The minimum atomic E-state index is -0.416. The van der Waals surface area contributed by atoms with E-state index in [4.69, 9.17) is 4.74 Å². The zero-order chi connectivity index (χ0) is 18.2. The molecule has 1 atom stereocenters. The maximum absolute atomic E-state index is 12.4. The maximum atomic E-state index is 12.4. The van der Waals surface area contributed by atoms with Gasteiger partial charge in [0.15, 0.2) is 0 Å². The normalized spacial score (nSPS) is 22.6. The standard InChI is InChI=1S/C19H27N3O3S/c23-17(20-10-5-13-26-14-16-6-2-1-3-7-16)22-11-4-8-19(9-12-22)15-21-18(24)25-19/h1-3,6-7H,4-5,8-15H2,(H,20,23)(H,21,24)/t19-/m0/s1. The Balaban J connectivity index is 1.30. The van der Waals surface area contributed by atoms with Crippen molar-refractivity contribution in [3.05, 3.63) is 35.9 Å². The average Bonchev–Trinajstić information content (AvgIpc) is 2.89. The Morgan fingerprint density at radius 1 is 1.27 bits per heavy atom. The summed E-state index contributed by atoms with van der Waals surface area (Å²) in [7, 11) is 0. The zero-order valence-electron chi connectivity index (χ0n) is 15.0. The van der Waals surface area contributed by atoms with Crippen molar-refractivity contribution in [2.45, 2.75) is 37.0 Å². The van der Waals surface area contributed by atoms with E-state index in [1.165, 1.54) is 5.56 Å². The molecule has 2 N–H and O–H groups in total. The van der Waals surface area contributed by atoms with Gasteiger partial charge in [-0.05, 0) is 30.6 Å². The van der Waals surface area contributed by atoms with Crippen molar-refractivity contribution in [3.63, 3.8) is 0 Å². The summed E-state index contributed by atoms with van der Waals surface area (Å²) in [5.74, 6) is 2.04. The van der Waals surface area contributed by atoms with Crippen LogP contribution in [0.25, 0.3) is 0 Å². The first-order chi connectivity index (χ1) is 12.7. The van der Waals surface area contributed by atoms with E-state index < -0.39 is 5.60 Å². The minimum absolute atomic E-state index is 0.00704. The first-order valence-electron chi connectivity index (χ1n) is 9.28. The molecule has 2 saturated heterocycles. The first kappa shape index (κ1) is 18.9. The summed E-state index contributed by atoms with van der Waals surface area (Å²) in [6, 6.07) is 10.4. The lowest BCUT2D eigenvalue weighted by atomic mass is 9.95. The number of thioether (sulfide) groups is 1. The molecule has 2 aliphatic heterocycles. The smallest absolute Gasteiger partial charge is 0.407 e. The molecule has 0 aromatic heterocycles. The number of nitrogens with zero attached hydrogens (tertiary/aromatic N) is 1. The molecule has 142 valence electrons. The molecule has 0 unspecified atom stereocenters. The van der Waals surface area contributed by atoms with Gasteiger partial charge in [-0.2, -0.15) is 11.8 Å². The summed E-state index contributed by atoms with van der Waals surface area (Å²) in [4.78, 5) is 25.5. The van der Waals surface area contributed by atoms with E-state index in [-0.39, 0.29) is 12.1 Å². The topological polar surface area (TPSA) is 70.7 Å². The summed E-state index contributed by atoms with van der Waals surface area (Å²) in [6.07, 6.45) is 2.99. The molecule has 2 fully saturated rings. The van der Waals surface area contributed by atoms with Gasteiger partial charge in [0.25, 0.3) is 0 Å². The van der Waals surface area contributed by atoms with Crippen LogP contribution in [0.5, 0.6) is 0 Å². The molecule has 1 aromatic carbocycles. The van der Waals surface area contributed by atoms with Crippen molar-refractivity contribution in [3.8, 4) is 0 Å². The minimum Gasteiger partial charge on any atom is -0.441 e. The Kier molecular flexibility index (Phi) is 6.66. The number of hydrogen-bond acceptors (Lipinski definition) is 4. The van der Waals surface area contributed by atoms with Crippen molar-refractivity contribution >= 4 is 23.9 Å². The Labute approximate surface area is 159 Å². The Hall–Kier alpha value is -1.89. The van der Waals surface area contributed by atoms with E-state index in [0.29, 0.717) is 32.6 Å². The van der Waals surface area contributed by atoms with Gasteiger partial charge in [0, 0.05) is 31.8 Å². The summed E-state index contributed by atoms with van der Waals surface area (Å²) < 4.78 is 5.45. The number of carbonyl (C=O) groups excluding carboxylic acids is 2. The first-order valence-corrected chi connectivity index (χ1v) is 10.4. The van der Waals surface area contributed by atoms with Gasteiger partial charge in [-0.25, -0.2) is 9.59 Å². The summed E-state index contributed by atoms with van der Waals surface area (Å²) in [5.41, 5.74) is 0.919. The summed E-state index contributed by atoms with van der Waals surface area (Å²) >= 11 is 1.89. The molecule has 3 amide bonds. The number of rotatable bonds is 6. The highest BCUT2D eigenvalue weighted by Crippen LogP contribution is 2.29. The SMILES string of the molecule is O=C1NC[C@@]2(CCCN(C(=O)NCCCSCc3ccccc3)CC2)O1. The van der Waals surface area contributed by atoms with E-state index in [2.05, 4.69) is 34.9 Å². The second-order valence-electron chi connectivity index (χ2n) is 6.89. The van der Waals surface area contributed by atoms with E-state index in [9.17, 15) is 9.59 Å². The van der Waals surface area contributed by atoms with Crippen molar-refractivity contribution < 1.29 is 14.3 Å². The number of benzene rings is 1. The number of likely N-dealkylation sites (tertiary alicyclic amines) is 1. The predicted molar refractivity (Wildman–Crippen MR) is 103 cm³/mol. The molecule has 2 heterocycles. The molecule has 6 nitrogen and oxygen atoms in total.